The zero-order valence-electron chi connectivity index (χ0n) is 12.6. The molecule has 0 aromatic carbocycles. The predicted molar refractivity (Wildman–Crippen MR) is 94.3 cm³/mol. The molecule has 0 spiro atoms. The first kappa shape index (κ1) is 14.8. The fraction of sp³-hybridized carbons (Fsp3) is 0.200. The molecule has 1 amide bonds. The normalized spacial score (nSPS) is 17.5. The smallest absolute Gasteiger partial charge is 0.241 e. The molecule has 8 nitrogen and oxygen atoms in total. The van der Waals surface area contributed by atoms with Crippen LogP contribution in [-0.2, 0) is 4.79 Å². The van der Waals surface area contributed by atoms with Gasteiger partial charge in [0.05, 0.1) is 22.6 Å². The molecular weight excluding hydrogens is 326 g/mol. The standard InChI is InChI=1S/C15H15N7OS/c16-13(23)11-6-24-7-22(11)10-2-4-18-14-12(10)8(5-20-14)9-1-3-19-15(17)21-9/h1-5,11H,6-7H2,(H2,16,23)(H,18,20)(H2,17,19,21)/t11-/m0/s1. The second kappa shape index (κ2) is 5.68. The Labute approximate surface area is 141 Å². The summed E-state index contributed by atoms with van der Waals surface area (Å²) in [7, 11) is 0. The SMILES string of the molecule is NC(=O)[C@@H]1CSCN1c1ccnc2[nH]cc(-c3ccnc(N)n3)c12. The quantitative estimate of drug-likeness (QED) is 0.647. The van der Waals surface area contributed by atoms with Crippen LogP contribution >= 0.6 is 11.8 Å². The van der Waals surface area contributed by atoms with Crippen LogP contribution in [0.25, 0.3) is 22.3 Å². The number of nitrogens with two attached hydrogens (primary N) is 2. The molecule has 1 saturated heterocycles. The van der Waals surface area contributed by atoms with Gasteiger partial charge in [-0.25, -0.2) is 15.0 Å². The Kier molecular flexibility index (Phi) is 3.49. The van der Waals surface area contributed by atoms with Crippen LogP contribution in [0.2, 0.25) is 0 Å². The molecule has 5 N–H and O–H groups in total. The van der Waals surface area contributed by atoms with Crippen molar-refractivity contribution in [3.05, 3.63) is 30.7 Å². The summed E-state index contributed by atoms with van der Waals surface area (Å²) in [6, 6.07) is 3.35. The average molecular weight is 341 g/mol. The summed E-state index contributed by atoms with van der Waals surface area (Å²) in [5.41, 5.74) is 14.5. The molecule has 0 unspecified atom stereocenters. The van der Waals surface area contributed by atoms with Crippen molar-refractivity contribution >= 4 is 40.3 Å². The second-order valence-corrected chi connectivity index (χ2v) is 6.44. The van der Waals surface area contributed by atoms with Crippen molar-refractivity contribution in [1.29, 1.82) is 0 Å². The first-order chi connectivity index (χ1) is 11.6. The molecule has 9 heteroatoms. The first-order valence-corrected chi connectivity index (χ1v) is 8.49. The van der Waals surface area contributed by atoms with Crippen molar-refractivity contribution in [2.24, 2.45) is 5.73 Å². The summed E-state index contributed by atoms with van der Waals surface area (Å²) in [5, 5.41) is 0.893. The van der Waals surface area contributed by atoms with E-state index in [2.05, 4.69) is 19.9 Å². The molecule has 3 aromatic rings. The molecule has 1 fully saturated rings. The van der Waals surface area contributed by atoms with Crippen LogP contribution < -0.4 is 16.4 Å². The van der Waals surface area contributed by atoms with Crippen LogP contribution in [0.15, 0.2) is 30.7 Å². The van der Waals surface area contributed by atoms with E-state index in [1.165, 1.54) is 0 Å². The van der Waals surface area contributed by atoms with Crippen molar-refractivity contribution in [3.8, 4) is 11.3 Å². The Morgan fingerprint density at radius 3 is 2.96 bits per heavy atom. The highest BCUT2D eigenvalue weighted by Gasteiger charge is 2.31. The van der Waals surface area contributed by atoms with E-state index in [4.69, 9.17) is 11.5 Å². The lowest BCUT2D eigenvalue weighted by Crippen LogP contribution is -2.42. The number of H-pyrrole nitrogens is 1. The Hall–Kier alpha value is -2.81. The van der Waals surface area contributed by atoms with Gasteiger partial charge in [-0.1, -0.05) is 0 Å². The topological polar surface area (TPSA) is 127 Å². The number of carbonyl (C=O) groups is 1. The van der Waals surface area contributed by atoms with Crippen LogP contribution in [0.5, 0.6) is 0 Å². The van der Waals surface area contributed by atoms with Crippen molar-refractivity contribution in [2.45, 2.75) is 6.04 Å². The highest BCUT2D eigenvalue weighted by molar-refractivity contribution is 7.99. The minimum atomic E-state index is -0.334. The summed E-state index contributed by atoms with van der Waals surface area (Å²) < 4.78 is 0. The average Bonchev–Trinajstić information content (AvgIpc) is 3.21. The molecule has 0 bridgehead atoms. The van der Waals surface area contributed by atoms with Gasteiger partial charge in [-0.15, -0.1) is 11.8 Å². The molecule has 3 aromatic heterocycles. The fourth-order valence-electron chi connectivity index (χ4n) is 2.92. The molecular formula is C15H15N7OS. The van der Waals surface area contributed by atoms with Gasteiger partial charge in [-0.05, 0) is 12.1 Å². The summed E-state index contributed by atoms with van der Waals surface area (Å²) in [6.45, 7) is 0. The summed E-state index contributed by atoms with van der Waals surface area (Å²) in [4.78, 5) is 29.5. The lowest BCUT2D eigenvalue weighted by atomic mass is 10.1. The first-order valence-electron chi connectivity index (χ1n) is 7.34. The Morgan fingerprint density at radius 2 is 2.17 bits per heavy atom. The molecule has 122 valence electrons. The van der Waals surface area contributed by atoms with E-state index < -0.39 is 0 Å². The maximum atomic E-state index is 11.8. The van der Waals surface area contributed by atoms with E-state index in [1.807, 2.05) is 17.2 Å². The molecule has 0 radical (unpaired) electrons. The lowest BCUT2D eigenvalue weighted by molar-refractivity contribution is -0.118. The number of amides is 1. The number of anilines is 2. The number of pyridine rings is 1. The number of nitrogen functional groups attached to an aromatic ring is 1. The van der Waals surface area contributed by atoms with Crippen LogP contribution in [0.3, 0.4) is 0 Å². The third-order valence-electron chi connectivity index (χ3n) is 4.02. The van der Waals surface area contributed by atoms with E-state index in [1.54, 1.807) is 30.2 Å². The summed E-state index contributed by atoms with van der Waals surface area (Å²) in [5.74, 6) is 1.26. The lowest BCUT2D eigenvalue weighted by Gasteiger charge is -2.24. The third kappa shape index (κ3) is 2.33. The zero-order valence-corrected chi connectivity index (χ0v) is 13.5. The highest BCUT2D eigenvalue weighted by atomic mass is 32.2. The minimum Gasteiger partial charge on any atom is -0.368 e. The number of hydrogen-bond acceptors (Lipinski definition) is 7. The number of primary amides is 1. The van der Waals surface area contributed by atoms with Gasteiger partial charge in [0.15, 0.2) is 0 Å². The number of fused-ring (bicyclic) bond motifs is 1. The number of thioether (sulfide) groups is 1. The molecule has 4 heterocycles. The monoisotopic (exact) mass is 341 g/mol. The van der Waals surface area contributed by atoms with Crippen molar-refractivity contribution in [1.82, 2.24) is 19.9 Å². The second-order valence-electron chi connectivity index (χ2n) is 5.44. The Balaban J connectivity index is 1.91. The van der Waals surface area contributed by atoms with Crippen molar-refractivity contribution < 1.29 is 4.79 Å². The van der Waals surface area contributed by atoms with E-state index >= 15 is 0 Å². The molecule has 1 aliphatic rings. The Bertz CT molecular complexity index is 925. The fourth-order valence-corrected chi connectivity index (χ4v) is 4.11. The number of carbonyl (C=O) groups excluding carboxylic acids is 1. The number of rotatable bonds is 3. The van der Waals surface area contributed by atoms with Crippen LogP contribution in [-0.4, -0.2) is 43.5 Å². The molecule has 24 heavy (non-hydrogen) atoms. The number of aromatic amines is 1. The Morgan fingerprint density at radius 1 is 1.33 bits per heavy atom. The number of nitrogens with one attached hydrogen (secondary N) is 1. The molecule has 0 saturated carbocycles. The van der Waals surface area contributed by atoms with E-state index in [-0.39, 0.29) is 17.9 Å². The zero-order chi connectivity index (χ0) is 16.7. The summed E-state index contributed by atoms with van der Waals surface area (Å²) in [6.07, 6.45) is 5.17. The van der Waals surface area contributed by atoms with Crippen LogP contribution in [0.1, 0.15) is 0 Å². The van der Waals surface area contributed by atoms with E-state index in [0.717, 1.165) is 22.3 Å². The van der Waals surface area contributed by atoms with Gasteiger partial charge in [0, 0.05) is 29.9 Å². The largest absolute Gasteiger partial charge is 0.368 e. The van der Waals surface area contributed by atoms with E-state index in [9.17, 15) is 4.79 Å². The molecule has 1 atom stereocenters. The number of aromatic nitrogens is 4. The third-order valence-corrected chi connectivity index (χ3v) is 5.03. The van der Waals surface area contributed by atoms with Gasteiger partial charge >= 0.3 is 0 Å². The summed E-state index contributed by atoms with van der Waals surface area (Å²) >= 11 is 1.68. The van der Waals surface area contributed by atoms with Crippen molar-refractivity contribution in [2.75, 3.05) is 22.3 Å². The maximum absolute atomic E-state index is 11.8. The molecule has 0 aliphatic carbocycles. The van der Waals surface area contributed by atoms with Gasteiger partial charge in [-0.3, -0.25) is 4.79 Å². The highest BCUT2D eigenvalue weighted by Crippen LogP contribution is 2.37. The molecule has 1 aliphatic heterocycles. The van der Waals surface area contributed by atoms with Crippen LogP contribution in [0.4, 0.5) is 11.6 Å². The van der Waals surface area contributed by atoms with Crippen LogP contribution in [0, 0.1) is 0 Å². The number of nitrogens with zero attached hydrogens (tertiary/aromatic N) is 4. The van der Waals surface area contributed by atoms with Gasteiger partial charge in [0.25, 0.3) is 0 Å². The van der Waals surface area contributed by atoms with Gasteiger partial charge in [0.1, 0.15) is 11.7 Å². The maximum Gasteiger partial charge on any atom is 0.241 e. The predicted octanol–water partition coefficient (Wildman–Crippen LogP) is 0.967. The molecule has 4 rings (SSSR count). The van der Waals surface area contributed by atoms with Gasteiger partial charge in [0.2, 0.25) is 11.9 Å². The van der Waals surface area contributed by atoms with Gasteiger partial charge in [-0.2, -0.15) is 0 Å². The van der Waals surface area contributed by atoms with Gasteiger partial charge < -0.3 is 21.4 Å². The van der Waals surface area contributed by atoms with E-state index in [0.29, 0.717) is 17.3 Å². The number of hydrogen-bond donors (Lipinski definition) is 3. The van der Waals surface area contributed by atoms with Crippen molar-refractivity contribution in [3.63, 3.8) is 0 Å². The minimum absolute atomic E-state index is 0.207.